The summed E-state index contributed by atoms with van der Waals surface area (Å²) >= 11 is 0. The topological polar surface area (TPSA) is 59.0 Å². The van der Waals surface area contributed by atoms with E-state index in [-0.39, 0.29) is 0 Å². The number of fused-ring (bicyclic) bond motifs is 1. The van der Waals surface area contributed by atoms with Gasteiger partial charge in [0.05, 0.1) is 0 Å². The summed E-state index contributed by atoms with van der Waals surface area (Å²) in [4.78, 5) is 12.7. The van der Waals surface area contributed by atoms with Gasteiger partial charge in [-0.3, -0.25) is 9.69 Å². The molecule has 1 aliphatic heterocycles. The Labute approximate surface area is 112 Å². The molecule has 1 aromatic carbocycles. The van der Waals surface area contributed by atoms with Crippen LogP contribution in [0.25, 0.3) is 0 Å². The van der Waals surface area contributed by atoms with Crippen molar-refractivity contribution in [2.24, 2.45) is 0 Å². The predicted molar refractivity (Wildman–Crippen MR) is 70.9 cm³/mol. The summed E-state index contributed by atoms with van der Waals surface area (Å²) < 4.78 is 11.0. The van der Waals surface area contributed by atoms with Crippen LogP contribution < -0.4 is 9.47 Å². The van der Waals surface area contributed by atoms with Gasteiger partial charge in [0.15, 0.2) is 11.5 Å². The average Bonchev–Trinajstić information content (AvgIpc) is 2.43. The second kappa shape index (κ2) is 5.93. The number of aliphatic carboxylic acids is 1. The molecule has 1 unspecified atom stereocenters. The van der Waals surface area contributed by atoms with E-state index in [1.807, 2.05) is 30.1 Å². The molecule has 1 N–H and O–H groups in total. The first-order valence-electron chi connectivity index (χ1n) is 6.39. The summed E-state index contributed by atoms with van der Waals surface area (Å²) in [7, 11) is 1.82. The van der Waals surface area contributed by atoms with Crippen molar-refractivity contribution in [2.75, 3.05) is 26.8 Å². The quantitative estimate of drug-likeness (QED) is 0.872. The van der Waals surface area contributed by atoms with Crippen molar-refractivity contribution >= 4 is 5.97 Å². The van der Waals surface area contributed by atoms with E-state index in [0.29, 0.717) is 19.8 Å². The number of rotatable bonds is 5. The normalized spacial score (nSPS) is 15.3. The van der Waals surface area contributed by atoms with Gasteiger partial charge in [-0.05, 0) is 38.1 Å². The van der Waals surface area contributed by atoms with Gasteiger partial charge in [-0.15, -0.1) is 0 Å². The Morgan fingerprint density at radius 1 is 1.37 bits per heavy atom. The predicted octanol–water partition coefficient (Wildman–Crippen LogP) is 1.41. The molecular weight excluding hydrogens is 246 g/mol. The van der Waals surface area contributed by atoms with Crippen molar-refractivity contribution in [3.63, 3.8) is 0 Å². The average molecular weight is 265 g/mol. The van der Waals surface area contributed by atoms with Crippen molar-refractivity contribution in [3.05, 3.63) is 23.8 Å². The number of carbonyl (C=O) groups is 1. The molecule has 0 bridgehead atoms. The van der Waals surface area contributed by atoms with Gasteiger partial charge in [0, 0.05) is 6.54 Å². The summed E-state index contributed by atoms with van der Waals surface area (Å²) in [5.74, 6) is 0.754. The van der Waals surface area contributed by atoms with E-state index in [0.717, 1.165) is 23.5 Å². The van der Waals surface area contributed by atoms with E-state index >= 15 is 0 Å². The minimum absolute atomic E-state index is 0.475. The molecule has 2 rings (SSSR count). The van der Waals surface area contributed by atoms with Gasteiger partial charge in [-0.25, -0.2) is 0 Å². The number of hydrogen-bond acceptors (Lipinski definition) is 4. The Bertz CT molecular complexity index is 461. The fraction of sp³-hybridized carbons (Fsp3) is 0.500. The smallest absolute Gasteiger partial charge is 0.320 e. The maximum Gasteiger partial charge on any atom is 0.320 e. The molecule has 1 aromatic rings. The van der Waals surface area contributed by atoms with E-state index in [1.165, 1.54) is 0 Å². The Morgan fingerprint density at radius 3 is 2.74 bits per heavy atom. The minimum Gasteiger partial charge on any atom is -0.486 e. The fourth-order valence-corrected chi connectivity index (χ4v) is 1.93. The van der Waals surface area contributed by atoms with Gasteiger partial charge >= 0.3 is 5.97 Å². The molecular formula is C14H19NO4. The summed E-state index contributed by atoms with van der Waals surface area (Å²) in [5.41, 5.74) is 1.12. The molecule has 1 atom stereocenters. The molecule has 0 radical (unpaired) electrons. The lowest BCUT2D eigenvalue weighted by Gasteiger charge is -2.22. The summed E-state index contributed by atoms with van der Waals surface area (Å²) in [6, 6.07) is 5.39. The van der Waals surface area contributed by atoms with E-state index < -0.39 is 12.0 Å². The Balaban J connectivity index is 1.94. The standard InChI is InChI=1S/C14H19NO4/c1-10(14(16)17)15(2)6-5-11-3-4-12-13(9-11)19-8-7-18-12/h3-4,9-10H,5-8H2,1-2H3,(H,16,17). The maximum absolute atomic E-state index is 10.9. The lowest BCUT2D eigenvalue weighted by atomic mass is 10.1. The minimum atomic E-state index is -0.801. The molecule has 0 aliphatic carbocycles. The highest BCUT2D eigenvalue weighted by Crippen LogP contribution is 2.30. The van der Waals surface area contributed by atoms with Crippen molar-refractivity contribution in [1.29, 1.82) is 0 Å². The van der Waals surface area contributed by atoms with Crippen LogP contribution in [-0.4, -0.2) is 48.8 Å². The highest BCUT2D eigenvalue weighted by molar-refractivity contribution is 5.72. The first-order chi connectivity index (χ1) is 9.08. The first-order valence-corrected chi connectivity index (χ1v) is 6.39. The molecule has 0 aromatic heterocycles. The number of ether oxygens (including phenoxy) is 2. The molecule has 1 aliphatic rings. The van der Waals surface area contributed by atoms with Crippen LogP contribution in [0.3, 0.4) is 0 Å². The van der Waals surface area contributed by atoms with Crippen LogP contribution in [-0.2, 0) is 11.2 Å². The molecule has 1 heterocycles. The number of carboxylic acids is 1. The van der Waals surface area contributed by atoms with E-state index in [4.69, 9.17) is 14.6 Å². The molecule has 5 heteroatoms. The van der Waals surface area contributed by atoms with Gasteiger partial charge in [0.1, 0.15) is 19.3 Å². The van der Waals surface area contributed by atoms with Crippen LogP contribution in [0, 0.1) is 0 Å². The van der Waals surface area contributed by atoms with E-state index in [9.17, 15) is 4.79 Å². The number of carboxylic acid groups (broad SMARTS) is 1. The molecule has 5 nitrogen and oxygen atoms in total. The monoisotopic (exact) mass is 265 g/mol. The largest absolute Gasteiger partial charge is 0.486 e. The third-order valence-electron chi connectivity index (χ3n) is 3.38. The molecule has 0 saturated carbocycles. The maximum atomic E-state index is 10.9. The molecule has 104 valence electrons. The van der Waals surface area contributed by atoms with Crippen LogP contribution in [0.5, 0.6) is 11.5 Å². The lowest BCUT2D eigenvalue weighted by Crippen LogP contribution is -2.37. The van der Waals surface area contributed by atoms with Gasteiger partial charge in [-0.2, -0.15) is 0 Å². The van der Waals surface area contributed by atoms with Crippen molar-refractivity contribution in [1.82, 2.24) is 4.90 Å². The van der Waals surface area contributed by atoms with Gasteiger partial charge in [0.2, 0.25) is 0 Å². The number of likely N-dealkylation sites (N-methyl/N-ethyl adjacent to an activating group) is 1. The van der Waals surface area contributed by atoms with E-state index in [2.05, 4.69) is 0 Å². The molecule has 0 fully saturated rings. The van der Waals surface area contributed by atoms with E-state index in [1.54, 1.807) is 6.92 Å². The zero-order valence-electron chi connectivity index (χ0n) is 11.3. The highest BCUT2D eigenvalue weighted by atomic mass is 16.6. The Hall–Kier alpha value is -1.75. The van der Waals surface area contributed by atoms with Gasteiger partial charge < -0.3 is 14.6 Å². The van der Waals surface area contributed by atoms with Gasteiger partial charge in [-0.1, -0.05) is 6.07 Å². The molecule has 0 saturated heterocycles. The van der Waals surface area contributed by atoms with Crippen LogP contribution in [0.1, 0.15) is 12.5 Å². The van der Waals surface area contributed by atoms with Crippen LogP contribution in [0.4, 0.5) is 0 Å². The SMILES string of the molecule is CC(C(=O)O)N(C)CCc1ccc2c(c1)OCCO2. The number of nitrogens with zero attached hydrogens (tertiary/aromatic N) is 1. The summed E-state index contributed by atoms with van der Waals surface area (Å²) in [6.45, 7) is 3.54. The zero-order chi connectivity index (χ0) is 13.8. The molecule has 0 spiro atoms. The van der Waals surface area contributed by atoms with Crippen molar-refractivity contribution < 1.29 is 19.4 Å². The molecule has 19 heavy (non-hydrogen) atoms. The zero-order valence-corrected chi connectivity index (χ0v) is 11.3. The fourth-order valence-electron chi connectivity index (χ4n) is 1.93. The Kier molecular flexibility index (Phi) is 4.27. The highest BCUT2D eigenvalue weighted by Gasteiger charge is 2.17. The Morgan fingerprint density at radius 2 is 2.05 bits per heavy atom. The molecule has 0 amide bonds. The number of benzene rings is 1. The van der Waals surface area contributed by atoms with Crippen LogP contribution >= 0.6 is 0 Å². The van der Waals surface area contributed by atoms with Crippen molar-refractivity contribution in [2.45, 2.75) is 19.4 Å². The third kappa shape index (κ3) is 3.38. The lowest BCUT2D eigenvalue weighted by molar-refractivity contribution is -0.142. The first kappa shape index (κ1) is 13.7. The number of hydrogen-bond donors (Lipinski definition) is 1. The van der Waals surface area contributed by atoms with Crippen LogP contribution in [0.15, 0.2) is 18.2 Å². The second-order valence-electron chi connectivity index (χ2n) is 4.72. The summed E-state index contributed by atoms with van der Waals surface area (Å²) in [6.07, 6.45) is 0.782. The summed E-state index contributed by atoms with van der Waals surface area (Å²) in [5, 5.41) is 8.93. The third-order valence-corrected chi connectivity index (χ3v) is 3.38. The van der Waals surface area contributed by atoms with Crippen molar-refractivity contribution in [3.8, 4) is 11.5 Å². The van der Waals surface area contributed by atoms with Gasteiger partial charge in [0.25, 0.3) is 0 Å². The van der Waals surface area contributed by atoms with Crippen LogP contribution in [0.2, 0.25) is 0 Å². The second-order valence-corrected chi connectivity index (χ2v) is 4.72.